The Labute approximate surface area is 149 Å². The number of carbonyl (C=O) groups excluding carboxylic acids is 1. The van der Waals surface area contributed by atoms with E-state index < -0.39 is 0 Å². The van der Waals surface area contributed by atoms with Gasteiger partial charge in [-0.15, -0.1) is 22.7 Å². The van der Waals surface area contributed by atoms with Crippen LogP contribution in [0.15, 0.2) is 53.2 Å². The lowest BCUT2D eigenvalue weighted by Gasteiger charge is -2.35. The highest BCUT2D eigenvalue weighted by Crippen LogP contribution is 2.40. The standard InChI is InChI=1S/C19H17NO2S2/c1-22-15-6-4-14(5-7-15)19(21)20-10-8-13-9-12-24-18(13)17(20)16-3-2-11-23-16/h2-7,9,11-12,17H,8,10H2,1H3. The molecule has 1 atom stereocenters. The van der Waals surface area contributed by atoms with Crippen LogP contribution >= 0.6 is 22.7 Å². The largest absolute Gasteiger partial charge is 0.497 e. The molecule has 122 valence electrons. The number of ether oxygens (including phenoxy) is 1. The Hall–Kier alpha value is -2.11. The van der Waals surface area contributed by atoms with E-state index in [1.165, 1.54) is 15.3 Å². The number of hydrogen-bond acceptors (Lipinski definition) is 4. The van der Waals surface area contributed by atoms with Gasteiger partial charge in [-0.25, -0.2) is 0 Å². The highest BCUT2D eigenvalue weighted by Gasteiger charge is 2.34. The fourth-order valence-corrected chi connectivity index (χ4v) is 5.16. The lowest BCUT2D eigenvalue weighted by Crippen LogP contribution is -2.39. The molecule has 3 heterocycles. The smallest absolute Gasteiger partial charge is 0.254 e. The van der Waals surface area contributed by atoms with Gasteiger partial charge in [0, 0.05) is 21.9 Å². The summed E-state index contributed by atoms with van der Waals surface area (Å²) >= 11 is 3.46. The Morgan fingerprint density at radius 3 is 2.67 bits per heavy atom. The second-order valence-electron chi connectivity index (χ2n) is 5.71. The molecule has 3 aromatic rings. The molecule has 4 rings (SSSR count). The SMILES string of the molecule is COc1ccc(C(=O)N2CCc3ccsc3C2c2cccs2)cc1. The van der Waals surface area contributed by atoms with Crippen molar-refractivity contribution < 1.29 is 9.53 Å². The molecule has 5 heteroatoms. The molecular formula is C19H17NO2S2. The molecule has 0 spiro atoms. The van der Waals surface area contributed by atoms with Crippen molar-refractivity contribution in [1.82, 2.24) is 4.90 Å². The van der Waals surface area contributed by atoms with Crippen molar-refractivity contribution in [1.29, 1.82) is 0 Å². The fraction of sp³-hybridized carbons (Fsp3) is 0.211. The normalized spacial score (nSPS) is 16.7. The molecule has 0 aliphatic carbocycles. The van der Waals surface area contributed by atoms with Crippen molar-refractivity contribution >= 4 is 28.6 Å². The van der Waals surface area contributed by atoms with Crippen LogP contribution in [0.5, 0.6) is 5.75 Å². The molecule has 0 radical (unpaired) electrons. The number of methoxy groups -OCH3 is 1. The van der Waals surface area contributed by atoms with Crippen LogP contribution in [0.3, 0.4) is 0 Å². The molecule has 1 aliphatic heterocycles. The van der Waals surface area contributed by atoms with Gasteiger partial charge in [0.15, 0.2) is 0 Å². The second kappa shape index (κ2) is 6.42. The van der Waals surface area contributed by atoms with Crippen LogP contribution in [0.4, 0.5) is 0 Å². The van der Waals surface area contributed by atoms with E-state index >= 15 is 0 Å². The molecule has 0 saturated carbocycles. The van der Waals surface area contributed by atoms with Crippen LogP contribution in [0.25, 0.3) is 0 Å². The van der Waals surface area contributed by atoms with Gasteiger partial charge in [0.05, 0.1) is 7.11 Å². The molecule has 0 saturated heterocycles. The molecular weight excluding hydrogens is 338 g/mol. The quantitative estimate of drug-likeness (QED) is 0.687. The summed E-state index contributed by atoms with van der Waals surface area (Å²) in [4.78, 5) is 17.7. The minimum atomic E-state index is 0.0309. The maximum Gasteiger partial charge on any atom is 0.254 e. The highest BCUT2D eigenvalue weighted by molar-refractivity contribution is 7.11. The van der Waals surface area contributed by atoms with E-state index in [1.807, 2.05) is 29.2 Å². The van der Waals surface area contributed by atoms with Crippen molar-refractivity contribution in [3.05, 3.63) is 74.1 Å². The Bertz CT molecular complexity index is 837. The van der Waals surface area contributed by atoms with Crippen molar-refractivity contribution in [3.8, 4) is 5.75 Å². The third-order valence-electron chi connectivity index (χ3n) is 4.37. The maximum absolute atomic E-state index is 13.1. The summed E-state index contributed by atoms with van der Waals surface area (Å²) in [5.74, 6) is 0.843. The third-order valence-corrected chi connectivity index (χ3v) is 6.31. The molecule has 1 unspecified atom stereocenters. The zero-order valence-electron chi connectivity index (χ0n) is 13.3. The zero-order chi connectivity index (χ0) is 16.5. The fourth-order valence-electron chi connectivity index (χ4n) is 3.15. The predicted octanol–water partition coefficient (Wildman–Crippen LogP) is 4.61. The molecule has 1 aliphatic rings. The number of benzene rings is 1. The van der Waals surface area contributed by atoms with E-state index in [0.717, 1.165) is 18.7 Å². The summed E-state index contributed by atoms with van der Waals surface area (Å²) in [6, 6.07) is 13.8. The van der Waals surface area contributed by atoms with E-state index in [2.05, 4.69) is 29.0 Å². The van der Waals surface area contributed by atoms with Crippen LogP contribution in [-0.4, -0.2) is 24.5 Å². The van der Waals surface area contributed by atoms with Gasteiger partial charge in [-0.1, -0.05) is 6.07 Å². The van der Waals surface area contributed by atoms with Gasteiger partial charge in [0.1, 0.15) is 11.8 Å². The zero-order valence-corrected chi connectivity index (χ0v) is 14.9. The lowest BCUT2D eigenvalue weighted by atomic mass is 9.99. The van der Waals surface area contributed by atoms with Gasteiger partial charge in [0.25, 0.3) is 5.91 Å². The minimum absolute atomic E-state index is 0.0309. The molecule has 24 heavy (non-hydrogen) atoms. The van der Waals surface area contributed by atoms with Crippen LogP contribution in [0, 0.1) is 0 Å². The topological polar surface area (TPSA) is 29.5 Å². The number of rotatable bonds is 3. The van der Waals surface area contributed by atoms with Gasteiger partial charge < -0.3 is 9.64 Å². The lowest BCUT2D eigenvalue weighted by molar-refractivity contribution is 0.0700. The average molecular weight is 355 g/mol. The molecule has 1 aromatic carbocycles. The first-order valence-corrected chi connectivity index (χ1v) is 9.58. The van der Waals surface area contributed by atoms with Crippen molar-refractivity contribution in [3.63, 3.8) is 0 Å². The number of hydrogen-bond donors (Lipinski definition) is 0. The predicted molar refractivity (Wildman–Crippen MR) is 98.2 cm³/mol. The van der Waals surface area contributed by atoms with Crippen molar-refractivity contribution in [2.24, 2.45) is 0 Å². The Balaban J connectivity index is 1.71. The van der Waals surface area contributed by atoms with Crippen LogP contribution < -0.4 is 4.74 Å². The van der Waals surface area contributed by atoms with Gasteiger partial charge >= 0.3 is 0 Å². The summed E-state index contributed by atoms with van der Waals surface area (Å²) in [5, 5.41) is 4.21. The van der Waals surface area contributed by atoms with E-state index in [4.69, 9.17) is 4.74 Å². The van der Waals surface area contributed by atoms with E-state index in [9.17, 15) is 4.79 Å². The molecule has 1 amide bonds. The average Bonchev–Trinajstić information content (AvgIpc) is 3.31. The van der Waals surface area contributed by atoms with E-state index in [-0.39, 0.29) is 11.9 Å². The number of nitrogens with zero attached hydrogens (tertiary/aromatic N) is 1. The second-order valence-corrected chi connectivity index (χ2v) is 7.63. The summed E-state index contributed by atoms with van der Waals surface area (Å²) in [7, 11) is 1.63. The van der Waals surface area contributed by atoms with E-state index in [0.29, 0.717) is 5.56 Å². The Morgan fingerprint density at radius 2 is 1.96 bits per heavy atom. The third kappa shape index (κ3) is 2.64. The first kappa shape index (κ1) is 15.4. The Morgan fingerprint density at radius 1 is 1.12 bits per heavy atom. The summed E-state index contributed by atoms with van der Waals surface area (Å²) in [6.45, 7) is 0.747. The summed E-state index contributed by atoms with van der Waals surface area (Å²) in [5.41, 5.74) is 2.08. The Kier molecular flexibility index (Phi) is 4.12. The summed E-state index contributed by atoms with van der Waals surface area (Å²) in [6.07, 6.45) is 0.919. The van der Waals surface area contributed by atoms with Crippen LogP contribution in [-0.2, 0) is 6.42 Å². The first-order chi connectivity index (χ1) is 11.8. The first-order valence-electron chi connectivity index (χ1n) is 7.82. The van der Waals surface area contributed by atoms with Gasteiger partial charge in [0.2, 0.25) is 0 Å². The number of fused-ring (bicyclic) bond motifs is 1. The highest BCUT2D eigenvalue weighted by atomic mass is 32.1. The van der Waals surface area contributed by atoms with Gasteiger partial charge in [-0.3, -0.25) is 4.79 Å². The van der Waals surface area contributed by atoms with E-state index in [1.54, 1.807) is 29.8 Å². The van der Waals surface area contributed by atoms with Crippen molar-refractivity contribution in [2.45, 2.75) is 12.5 Å². The monoisotopic (exact) mass is 355 g/mol. The van der Waals surface area contributed by atoms with Gasteiger partial charge in [-0.2, -0.15) is 0 Å². The maximum atomic E-state index is 13.1. The van der Waals surface area contributed by atoms with Crippen molar-refractivity contribution in [2.75, 3.05) is 13.7 Å². The number of carbonyl (C=O) groups is 1. The summed E-state index contributed by atoms with van der Waals surface area (Å²) < 4.78 is 5.19. The minimum Gasteiger partial charge on any atom is -0.497 e. The molecule has 0 fully saturated rings. The van der Waals surface area contributed by atoms with Crippen LogP contribution in [0.1, 0.15) is 31.7 Å². The number of amides is 1. The molecule has 0 bridgehead atoms. The molecule has 3 nitrogen and oxygen atoms in total. The number of thiophene rings is 2. The van der Waals surface area contributed by atoms with Gasteiger partial charge in [-0.05, 0) is 59.1 Å². The molecule has 0 N–H and O–H groups in total. The van der Waals surface area contributed by atoms with Crippen LogP contribution in [0.2, 0.25) is 0 Å². The molecule has 2 aromatic heterocycles.